The molecule has 0 unspecified atom stereocenters. The highest BCUT2D eigenvalue weighted by molar-refractivity contribution is 9.10. The topological polar surface area (TPSA) is 80.9 Å². The van der Waals surface area contributed by atoms with Gasteiger partial charge in [-0.25, -0.2) is 9.97 Å². The van der Waals surface area contributed by atoms with Crippen molar-refractivity contribution in [3.8, 4) is 0 Å². The Labute approximate surface area is 90.2 Å². The highest BCUT2D eigenvalue weighted by Gasteiger charge is 2.11. The summed E-state index contributed by atoms with van der Waals surface area (Å²) < 4.78 is 0.494. The highest BCUT2D eigenvalue weighted by atomic mass is 79.9. The van der Waals surface area contributed by atoms with Crippen LogP contribution in [0.1, 0.15) is 23.8 Å². The van der Waals surface area contributed by atoms with Crippen LogP contribution in [0.15, 0.2) is 10.8 Å². The van der Waals surface area contributed by atoms with E-state index in [1.54, 1.807) is 0 Å². The molecule has 0 atom stereocenters. The van der Waals surface area contributed by atoms with Crippen molar-refractivity contribution in [2.24, 2.45) is 0 Å². The van der Waals surface area contributed by atoms with Crippen LogP contribution in [0.5, 0.6) is 0 Å². The number of hydrogen-bond donors (Lipinski definition) is 2. The van der Waals surface area contributed by atoms with Crippen molar-refractivity contribution in [3.05, 3.63) is 16.5 Å². The molecule has 0 fully saturated rings. The first kappa shape index (κ1) is 10.9. The summed E-state index contributed by atoms with van der Waals surface area (Å²) in [5.41, 5.74) is 5.67. The molecule has 3 N–H and O–H groups in total. The van der Waals surface area contributed by atoms with Gasteiger partial charge in [0.2, 0.25) is 0 Å². The van der Waals surface area contributed by atoms with Gasteiger partial charge in [0, 0.05) is 6.54 Å². The van der Waals surface area contributed by atoms with Gasteiger partial charge in [0.25, 0.3) is 5.91 Å². The fourth-order valence-corrected chi connectivity index (χ4v) is 1.15. The number of hydrogen-bond acceptors (Lipinski definition) is 4. The Morgan fingerprint density at radius 2 is 2.43 bits per heavy atom. The van der Waals surface area contributed by atoms with Crippen molar-refractivity contribution < 1.29 is 4.79 Å². The van der Waals surface area contributed by atoms with Crippen molar-refractivity contribution in [2.75, 3.05) is 12.3 Å². The van der Waals surface area contributed by atoms with Crippen molar-refractivity contribution in [2.45, 2.75) is 13.3 Å². The summed E-state index contributed by atoms with van der Waals surface area (Å²) in [6.45, 7) is 2.57. The number of carbonyl (C=O) groups excluding carboxylic acids is 1. The summed E-state index contributed by atoms with van der Waals surface area (Å²) in [6.07, 6.45) is 2.32. The molecule has 14 heavy (non-hydrogen) atoms. The maximum atomic E-state index is 11.5. The molecule has 0 spiro atoms. The average Bonchev–Trinajstić information content (AvgIpc) is 2.18. The molecule has 0 bridgehead atoms. The van der Waals surface area contributed by atoms with Gasteiger partial charge in [-0.15, -0.1) is 0 Å². The van der Waals surface area contributed by atoms with Gasteiger partial charge in [0.15, 0.2) is 11.5 Å². The minimum atomic E-state index is -0.293. The molecule has 0 saturated heterocycles. The number of anilines is 1. The molecule has 0 radical (unpaired) electrons. The van der Waals surface area contributed by atoms with Crippen LogP contribution in [-0.4, -0.2) is 22.4 Å². The lowest BCUT2D eigenvalue weighted by atomic mass is 10.3. The van der Waals surface area contributed by atoms with E-state index in [1.807, 2.05) is 6.92 Å². The second kappa shape index (κ2) is 4.90. The second-order valence-corrected chi connectivity index (χ2v) is 3.49. The maximum absolute atomic E-state index is 11.5. The van der Waals surface area contributed by atoms with Crippen LogP contribution in [0.25, 0.3) is 0 Å². The first-order valence-corrected chi connectivity index (χ1v) is 5.00. The third-order valence-electron chi connectivity index (χ3n) is 1.52. The summed E-state index contributed by atoms with van der Waals surface area (Å²) >= 11 is 3.12. The van der Waals surface area contributed by atoms with Crippen molar-refractivity contribution in [1.29, 1.82) is 0 Å². The SMILES string of the molecule is CCCNC(=O)c1nc(Br)cnc1N. The van der Waals surface area contributed by atoms with Crippen LogP contribution < -0.4 is 11.1 Å². The molecule has 6 heteroatoms. The summed E-state index contributed by atoms with van der Waals surface area (Å²) in [7, 11) is 0. The van der Waals surface area contributed by atoms with Crippen molar-refractivity contribution >= 4 is 27.7 Å². The Bertz CT molecular complexity index is 342. The van der Waals surface area contributed by atoms with E-state index < -0.39 is 0 Å². The van der Waals surface area contributed by atoms with Crippen molar-refractivity contribution in [1.82, 2.24) is 15.3 Å². The predicted octanol–water partition coefficient (Wildman–Crippen LogP) is 0.961. The lowest BCUT2D eigenvalue weighted by molar-refractivity contribution is 0.0949. The van der Waals surface area contributed by atoms with Gasteiger partial charge in [-0.3, -0.25) is 4.79 Å². The summed E-state index contributed by atoms with van der Waals surface area (Å²) in [5.74, 6) is -0.153. The number of nitrogens with one attached hydrogen (secondary N) is 1. The molecule has 0 aliphatic rings. The molecule has 0 saturated carbocycles. The van der Waals surface area contributed by atoms with Gasteiger partial charge in [0.05, 0.1) is 6.20 Å². The molecule has 0 aromatic carbocycles. The van der Waals surface area contributed by atoms with Gasteiger partial charge < -0.3 is 11.1 Å². The monoisotopic (exact) mass is 258 g/mol. The van der Waals surface area contributed by atoms with Gasteiger partial charge in [-0.2, -0.15) is 0 Å². The molecule has 0 aliphatic carbocycles. The lowest BCUT2D eigenvalue weighted by Crippen LogP contribution is -2.26. The Morgan fingerprint density at radius 3 is 3.07 bits per heavy atom. The Morgan fingerprint density at radius 1 is 1.71 bits per heavy atom. The summed E-state index contributed by atoms with van der Waals surface area (Å²) in [4.78, 5) is 19.2. The number of rotatable bonds is 3. The first-order valence-electron chi connectivity index (χ1n) is 4.21. The van der Waals surface area contributed by atoms with E-state index in [9.17, 15) is 4.79 Å². The van der Waals surface area contributed by atoms with Crippen molar-refractivity contribution in [3.63, 3.8) is 0 Å². The number of halogens is 1. The fourth-order valence-electron chi connectivity index (χ4n) is 0.866. The van der Waals surface area contributed by atoms with Gasteiger partial charge in [0.1, 0.15) is 4.60 Å². The van der Waals surface area contributed by atoms with E-state index in [2.05, 4.69) is 31.2 Å². The Balaban J connectivity index is 2.83. The standard InChI is InChI=1S/C8H11BrN4O/c1-2-3-11-8(14)6-7(10)12-4-5(9)13-6/h4H,2-3H2,1H3,(H2,10,12)(H,11,14). The zero-order chi connectivity index (χ0) is 10.6. The number of carbonyl (C=O) groups is 1. The van der Waals surface area contributed by atoms with E-state index in [-0.39, 0.29) is 17.4 Å². The molecule has 1 aromatic rings. The van der Waals surface area contributed by atoms with Crippen LogP contribution in [0.2, 0.25) is 0 Å². The largest absolute Gasteiger partial charge is 0.382 e. The van der Waals surface area contributed by atoms with E-state index >= 15 is 0 Å². The maximum Gasteiger partial charge on any atom is 0.273 e. The fraction of sp³-hybridized carbons (Fsp3) is 0.375. The molecule has 76 valence electrons. The third-order valence-corrected chi connectivity index (χ3v) is 1.90. The van der Waals surface area contributed by atoms with Crippen LogP contribution in [-0.2, 0) is 0 Å². The zero-order valence-corrected chi connectivity index (χ0v) is 9.34. The predicted molar refractivity (Wildman–Crippen MR) is 56.8 cm³/mol. The zero-order valence-electron chi connectivity index (χ0n) is 7.75. The molecular formula is C8H11BrN4O. The van der Waals surface area contributed by atoms with E-state index in [1.165, 1.54) is 6.20 Å². The van der Waals surface area contributed by atoms with E-state index in [4.69, 9.17) is 5.73 Å². The quantitative estimate of drug-likeness (QED) is 0.847. The number of aromatic nitrogens is 2. The minimum absolute atomic E-state index is 0.141. The van der Waals surface area contributed by atoms with E-state index in [0.717, 1.165) is 6.42 Å². The molecule has 5 nitrogen and oxygen atoms in total. The smallest absolute Gasteiger partial charge is 0.273 e. The number of amides is 1. The number of nitrogens with zero attached hydrogens (tertiary/aromatic N) is 2. The summed E-state index contributed by atoms with van der Waals surface area (Å²) in [5, 5.41) is 2.67. The molecule has 1 rings (SSSR count). The van der Waals surface area contributed by atoms with Crippen LogP contribution >= 0.6 is 15.9 Å². The van der Waals surface area contributed by atoms with Crippen LogP contribution in [0.3, 0.4) is 0 Å². The van der Waals surface area contributed by atoms with Crippen LogP contribution in [0, 0.1) is 0 Å². The van der Waals surface area contributed by atoms with Gasteiger partial charge in [-0.05, 0) is 22.4 Å². The van der Waals surface area contributed by atoms with E-state index in [0.29, 0.717) is 11.1 Å². The Hall–Kier alpha value is -1.17. The Kier molecular flexibility index (Phi) is 3.82. The first-order chi connectivity index (χ1) is 6.65. The molecule has 1 aromatic heterocycles. The minimum Gasteiger partial charge on any atom is -0.382 e. The molecule has 1 amide bonds. The summed E-state index contributed by atoms with van der Waals surface area (Å²) in [6, 6.07) is 0. The second-order valence-electron chi connectivity index (χ2n) is 2.68. The normalized spacial score (nSPS) is 9.86. The number of nitrogens with two attached hydrogens (primary N) is 1. The number of nitrogen functional groups attached to an aromatic ring is 1. The van der Waals surface area contributed by atoms with Gasteiger partial charge in [-0.1, -0.05) is 6.92 Å². The molecule has 0 aliphatic heterocycles. The third kappa shape index (κ3) is 2.66. The van der Waals surface area contributed by atoms with Gasteiger partial charge >= 0.3 is 0 Å². The molecule has 1 heterocycles. The molecular weight excluding hydrogens is 248 g/mol. The van der Waals surface area contributed by atoms with Crippen LogP contribution in [0.4, 0.5) is 5.82 Å². The average molecular weight is 259 g/mol. The lowest BCUT2D eigenvalue weighted by Gasteiger charge is -2.04. The highest BCUT2D eigenvalue weighted by Crippen LogP contribution is 2.10.